The first kappa shape index (κ1) is 15.4. The molecule has 1 unspecified atom stereocenters. The van der Waals surface area contributed by atoms with E-state index in [9.17, 15) is 4.79 Å². The number of nitrogens with one attached hydrogen (secondary N) is 2. The van der Waals surface area contributed by atoms with Gasteiger partial charge in [-0.15, -0.1) is 0 Å². The van der Waals surface area contributed by atoms with E-state index in [0.717, 1.165) is 45.6 Å². The van der Waals surface area contributed by atoms with Crippen molar-refractivity contribution in [3.63, 3.8) is 0 Å². The lowest BCUT2D eigenvalue weighted by atomic mass is 10.1. The molecule has 1 heterocycles. The Balaban J connectivity index is 2.12. The molecule has 0 bridgehead atoms. The van der Waals surface area contributed by atoms with Crippen molar-refractivity contribution >= 4 is 5.91 Å². The summed E-state index contributed by atoms with van der Waals surface area (Å²) in [6, 6.07) is 0.0425. The molecule has 1 rings (SSSR count). The van der Waals surface area contributed by atoms with Gasteiger partial charge < -0.3 is 15.5 Å². The van der Waals surface area contributed by atoms with Crippen LogP contribution in [0.15, 0.2) is 0 Å². The van der Waals surface area contributed by atoms with Crippen LogP contribution in [0.4, 0.5) is 0 Å². The fraction of sp³-hybridized carbons (Fsp3) is 0.929. The summed E-state index contributed by atoms with van der Waals surface area (Å²) < 4.78 is 0. The number of rotatable bonds is 7. The third-order valence-corrected chi connectivity index (χ3v) is 3.72. The van der Waals surface area contributed by atoms with E-state index in [1.165, 1.54) is 19.3 Å². The number of amides is 1. The van der Waals surface area contributed by atoms with Crippen LogP contribution in [0.2, 0.25) is 0 Å². The van der Waals surface area contributed by atoms with Gasteiger partial charge in [-0.2, -0.15) is 0 Å². The summed E-state index contributed by atoms with van der Waals surface area (Å²) in [5.74, 6) is 0.191. The summed E-state index contributed by atoms with van der Waals surface area (Å²) in [6.07, 6.45) is 5.65. The fourth-order valence-corrected chi connectivity index (χ4v) is 2.43. The van der Waals surface area contributed by atoms with Crippen LogP contribution in [0, 0.1) is 0 Å². The highest BCUT2D eigenvalue weighted by Crippen LogP contribution is 2.08. The van der Waals surface area contributed by atoms with Crippen LogP contribution in [0.25, 0.3) is 0 Å². The fourth-order valence-electron chi connectivity index (χ4n) is 2.43. The lowest BCUT2D eigenvalue weighted by molar-refractivity contribution is -0.123. The Kier molecular flexibility index (Phi) is 8.01. The van der Waals surface area contributed by atoms with E-state index >= 15 is 0 Å². The van der Waals surface area contributed by atoms with Crippen molar-refractivity contribution in [1.82, 2.24) is 15.5 Å². The maximum atomic E-state index is 11.9. The van der Waals surface area contributed by atoms with Crippen LogP contribution in [-0.4, -0.2) is 49.6 Å². The van der Waals surface area contributed by atoms with Crippen molar-refractivity contribution in [2.24, 2.45) is 0 Å². The van der Waals surface area contributed by atoms with Crippen molar-refractivity contribution in [2.75, 3.05) is 32.7 Å². The second kappa shape index (κ2) is 9.34. The van der Waals surface area contributed by atoms with Crippen molar-refractivity contribution in [3.05, 3.63) is 0 Å². The Bertz CT molecular complexity index is 221. The van der Waals surface area contributed by atoms with Crippen LogP contribution >= 0.6 is 0 Å². The van der Waals surface area contributed by atoms with Crippen molar-refractivity contribution in [3.8, 4) is 0 Å². The standard InChI is InChI=1S/C14H29N3O/c1-3-17(4-2)12-8-11-16-14(18)13-9-6-5-7-10-15-13/h13,15H,3-12H2,1-2H3,(H,16,18). The van der Waals surface area contributed by atoms with Crippen LogP contribution < -0.4 is 10.6 Å². The molecule has 1 aliphatic rings. The predicted molar refractivity (Wildman–Crippen MR) is 75.7 cm³/mol. The Morgan fingerprint density at radius 3 is 2.78 bits per heavy atom. The lowest BCUT2D eigenvalue weighted by Crippen LogP contribution is -2.44. The zero-order chi connectivity index (χ0) is 13.2. The molecule has 4 heteroatoms. The first-order chi connectivity index (χ1) is 8.77. The van der Waals surface area contributed by atoms with Gasteiger partial charge in [0, 0.05) is 6.54 Å². The van der Waals surface area contributed by atoms with E-state index in [1.807, 2.05) is 0 Å². The van der Waals surface area contributed by atoms with Gasteiger partial charge in [-0.25, -0.2) is 0 Å². The second-order valence-corrected chi connectivity index (χ2v) is 5.03. The minimum Gasteiger partial charge on any atom is -0.355 e. The smallest absolute Gasteiger partial charge is 0.237 e. The SMILES string of the molecule is CCN(CC)CCCNC(=O)C1CCCCCN1. The Morgan fingerprint density at radius 1 is 1.28 bits per heavy atom. The second-order valence-electron chi connectivity index (χ2n) is 5.03. The molecule has 1 fully saturated rings. The minimum absolute atomic E-state index is 0.0425. The summed E-state index contributed by atoms with van der Waals surface area (Å²) in [5, 5.41) is 6.39. The predicted octanol–water partition coefficient (Wildman–Crippen LogP) is 1.37. The van der Waals surface area contributed by atoms with Gasteiger partial charge in [-0.1, -0.05) is 26.7 Å². The molecule has 0 spiro atoms. The molecule has 0 radical (unpaired) electrons. The first-order valence-electron chi connectivity index (χ1n) is 7.51. The van der Waals surface area contributed by atoms with E-state index in [4.69, 9.17) is 0 Å². The Morgan fingerprint density at radius 2 is 2.06 bits per heavy atom. The van der Waals surface area contributed by atoms with Gasteiger partial charge in [0.05, 0.1) is 6.04 Å². The highest BCUT2D eigenvalue weighted by Gasteiger charge is 2.18. The number of hydrogen-bond acceptors (Lipinski definition) is 3. The van der Waals surface area contributed by atoms with Gasteiger partial charge >= 0.3 is 0 Å². The van der Waals surface area contributed by atoms with Crippen LogP contribution in [0.3, 0.4) is 0 Å². The van der Waals surface area contributed by atoms with E-state index in [0.29, 0.717) is 0 Å². The normalized spacial score (nSPS) is 20.7. The number of nitrogens with zero attached hydrogens (tertiary/aromatic N) is 1. The van der Waals surface area contributed by atoms with E-state index in [1.54, 1.807) is 0 Å². The van der Waals surface area contributed by atoms with E-state index < -0.39 is 0 Å². The van der Waals surface area contributed by atoms with Gasteiger partial charge in [0.2, 0.25) is 5.91 Å². The van der Waals surface area contributed by atoms with Crippen LogP contribution in [-0.2, 0) is 4.79 Å². The zero-order valence-electron chi connectivity index (χ0n) is 12.0. The number of carbonyl (C=O) groups is 1. The van der Waals surface area contributed by atoms with Crippen LogP contribution in [0.1, 0.15) is 46.0 Å². The summed E-state index contributed by atoms with van der Waals surface area (Å²) in [7, 11) is 0. The molecule has 0 aromatic rings. The monoisotopic (exact) mass is 255 g/mol. The average molecular weight is 255 g/mol. The van der Waals surface area contributed by atoms with Gasteiger partial charge in [-0.05, 0) is 45.4 Å². The molecular weight excluding hydrogens is 226 g/mol. The molecule has 4 nitrogen and oxygen atoms in total. The molecule has 1 saturated heterocycles. The molecule has 0 aromatic heterocycles. The summed E-state index contributed by atoms with van der Waals surface area (Å²) >= 11 is 0. The molecule has 2 N–H and O–H groups in total. The zero-order valence-corrected chi connectivity index (χ0v) is 12.0. The Hall–Kier alpha value is -0.610. The molecule has 0 aromatic carbocycles. The topological polar surface area (TPSA) is 44.4 Å². The maximum absolute atomic E-state index is 11.9. The largest absolute Gasteiger partial charge is 0.355 e. The van der Waals surface area contributed by atoms with Crippen molar-refractivity contribution in [1.29, 1.82) is 0 Å². The summed E-state index contributed by atoms with van der Waals surface area (Å²) in [5.41, 5.74) is 0. The van der Waals surface area contributed by atoms with E-state index in [2.05, 4.69) is 29.4 Å². The minimum atomic E-state index is 0.0425. The van der Waals surface area contributed by atoms with E-state index in [-0.39, 0.29) is 11.9 Å². The quantitative estimate of drug-likeness (QED) is 0.675. The highest BCUT2D eigenvalue weighted by molar-refractivity contribution is 5.81. The summed E-state index contributed by atoms with van der Waals surface area (Å²) in [6.45, 7) is 9.40. The van der Waals surface area contributed by atoms with Gasteiger partial charge in [0.25, 0.3) is 0 Å². The average Bonchev–Trinajstić information content (AvgIpc) is 2.67. The molecule has 1 amide bonds. The van der Waals surface area contributed by atoms with Crippen LogP contribution in [0.5, 0.6) is 0 Å². The van der Waals surface area contributed by atoms with Crippen molar-refractivity contribution in [2.45, 2.75) is 52.0 Å². The third kappa shape index (κ3) is 5.83. The first-order valence-corrected chi connectivity index (χ1v) is 7.51. The highest BCUT2D eigenvalue weighted by atomic mass is 16.2. The molecule has 106 valence electrons. The van der Waals surface area contributed by atoms with Crippen molar-refractivity contribution < 1.29 is 4.79 Å². The lowest BCUT2D eigenvalue weighted by Gasteiger charge is -2.19. The third-order valence-electron chi connectivity index (χ3n) is 3.72. The molecule has 0 saturated carbocycles. The number of carbonyl (C=O) groups excluding carboxylic acids is 1. The Labute approximate surface area is 111 Å². The number of hydrogen-bond donors (Lipinski definition) is 2. The maximum Gasteiger partial charge on any atom is 0.237 e. The molecule has 1 aliphatic heterocycles. The van der Waals surface area contributed by atoms with Gasteiger partial charge in [-0.3, -0.25) is 4.79 Å². The molecule has 0 aliphatic carbocycles. The molecular formula is C14H29N3O. The van der Waals surface area contributed by atoms with Gasteiger partial charge in [0.1, 0.15) is 0 Å². The van der Waals surface area contributed by atoms with Gasteiger partial charge in [0.15, 0.2) is 0 Å². The molecule has 1 atom stereocenters. The molecule has 18 heavy (non-hydrogen) atoms. The summed E-state index contributed by atoms with van der Waals surface area (Å²) in [4.78, 5) is 14.3.